The molecule has 0 atom stereocenters. The fourth-order valence-corrected chi connectivity index (χ4v) is 3.20. The van der Waals surface area contributed by atoms with Gasteiger partial charge in [-0.1, -0.05) is 29.8 Å². The number of benzene rings is 1. The Morgan fingerprint density at radius 2 is 2.14 bits per heavy atom. The first-order chi connectivity index (χ1) is 10.7. The number of rotatable bonds is 7. The normalized spacial score (nSPS) is 10.3. The Bertz CT molecular complexity index is 654. The molecule has 0 saturated heterocycles. The largest absolute Gasteiger partial charge is 0.493 e. The fourth-order valence-electron chi connectivity index (χ4n) is 2.09. The van der Waals surface area contributed by atoms with Gasteiger partial charge in [-0.25, -0.2) is 0 Å². The zero-order valence-corrected chi connectivity index (χ0v) is 14.0. The van der Waals surface area contributed by atoms with Crippen LogP contribution in [0.2, 0.25) is 4.34 Å². The van der Waals surface area contributed by atoms with Crippen molar-refractivity contribution in [2.45, 2.75) is 13.5 Å². The van der Waals surface area contributed by atoms with E-state index in [4.69, 9.17) is 16.3 Å². The lowest BCUT2D eigenvalue weighted by Gasteiger charge is -2.21. The predicted molar refractivity (Wildman–Crippen MR) is 91.9 cm³/mol. The van der Waals surface area contributed by atoms with Crippen LogP contribution in [0.15, 0.2) is 49.1 Å². The maximum Gasteiger partial charge on any atom is 0.258 e. The van der Waals surface area contributed by atoms with Crippen LogP contribution < -0.4 is 4.74 Å². The Morgan fingerprint density at radius 3 is 2.77 bits per heavy atom. The predicted octanol–water partition coefficient (Wildman–Crippen LogP) is 4.63. The third-order valence-corrected chi connectivity index (χ3v) is 4.25. The summed E-state index contributed by atoms with van der Waals surface area (Å²) in [6.07, 6.45) is 1.72. The number of amides is 1. The minimum Gasteiger partial charge on any atom is -0.493 e. The summed E-state index contributed by atoms with van der Waals surface area (Å²) in [6.45, 7) is 7.12. The molecule has 116 valence electrons. The van der Waals surface area contributed by atoms with Gasteiger partial charge in [-0.15, -0.1) is 17.9 Å². The molecule has 0 unspecified atom stereocenters. The van der Waals surface area contributed by atoms with Crippen LogP contribution in [-0.2, 0) is 6.54 Å². The quantitative estimate of drug-likeness (QED) is 0.690. The SMILES string of the molecule is C=CCN(Cc1ccc(Cl)s1)C(=O)c1ccccc1OCC. The monoisotopic (exact) mass is 335 g/mol. The number of nitrogens with zero attached hydrogens (tertiary/aromatic N) is 1. The van der Waals surface area contributed by atoms with Gasteiger partial charge in [0.1, 0.15) is 5.75 Å². The summed E-state index contributed by atoms with van der Waals surface area (Å²) in [5, 5.41) is 0. The second-order valence-electron chi connectivity index (χ2n) is 4.61. The van der Waals surface area contributed by atoms with E-state index in [0.717, 1.165) is 9.21 Å². The van der Waals surface area contributed by atoms with Crippen molar-refractivity contribution in [1.29, 1.82) is 0 Å². The van der Waals surface area contributed by atoms with E-state index < -0.39 is 0 Å². The second kappa shape index (κ2) is 8.01. The van der Waals surface area contributed by atoms with Crippen LogP contribution in [0.1, 0.15) is 22.2 Å². The molecule has 0 bridgehead atoms. The maximum absolute atomic E-state index is 12.8. The van der Waals surface area contributed by atoms with Crippen LogP contribution in [-0.4, -0.2) is 24.0 Å². The van der Waals surface area contributed by atoms with E-state index in [0.29, 0.717) is 31.0 Å². The van der Waals surface area contributed by atoms with Crippen molar-refractivity contribution >= 4 is 28.8 Å². The summed E-state index contributed by atoms with van der Waals surface area (Å²) in [6, 6.07) is 11.1. The summed E-state index contributed by atoms with van der Waals surface area (Å²) in [4.78, 5) is 15.6. The molecule has 0 fully saturated rings. The van der Waals surface area contributed by atoms with Crippen molar-refractivity contribution in [3.63, 3.8) is 0 Å². The molecule has 0 aliphatic carbocycles. The molecular weight excluding hydrogens is 318 g/mol. The number of para-hydroxylation sites is 1. The summed E-state index contributed by atoms with van der Waals surface area (Å²) in [7, 11) is 0. The molecule has 3 nitrogen and oxygen atoms in total. The molecule has 1 heterocycles. The van der Waals surface area contributed by atoms with E-state index in [-0.39, 0.29) is 5.91 Å². The van der Waals surface area contributed by atoms with Gasteiger partial charge in [-0.3, -0.25) is 4.79 Å². The number of halogens is 1. The van der Waals surface area contributed by atoms with Gasteiger partial charge in [0.25, 0.3) is 5.91 Å². The molecule has 1 aromatic heterocycles. The highest BCUT2D eigenvalue weighted by molar-refractivity contribution is 7.16. The fraction of sp³-hybridized carbons (Fsp3) is 0.235. The molecule has 1 aromatic carbocycles. The number of hydrogen-bond donors (Lipinski definition) is 0. The molecule has 22 heavy (non-hydrogen) atoms. The van der Waals surface area contributed by atoms with Crippen LogP contribution >= 0.6 is 22.9 Å². The van der Waals surface area contributed by atoms with Gasteiger partial charge in [0.05, 0.1) is 23.1 Å². The summed E-state index contributed by atoms with van der Waals surface area (Å²) < 4.78 is 6.27. The Labute approximate surface area is 139 Å². The van der Waals surface area contributed by atoms with Gasteiger partial charge in [-0.05, 0) is 31.2 Å². The second-order valence-corrected chi connectivity index (χ2v) is 6.41. The minimum absolute atomic E-state index is 0.0755. The average molecular weight is 336 g/mol. The number of ether oxygens (including phenoxy) is 1. The minimum atomic E-state index is -0.0755. The van der Waals surface area contributed by atoms with Gasteiger partial charge in [0.2, 0.25) is 0 Å². The zero-order valence-electron chi connectivity index (χ0n) is 12.4. The van der Waals surface area contributed by atoms with E-state index in [9.17, 15) is 4.79 Å². The highest BCUT2D eigenvalue weighted by Gasteiger charge is 2.19. The molecule has 0 aliphatic heterocycles. The van der Waals surface area contributed by atoms with E-state index >= 15 is 0 Å². The zero-order chi connectivity index (χ0) is 15.9. The van der Waals surface area contributed by atoms with Crippen LogP contribution in [0, 0.1) is 0 Å². The average Bonchev–Trinajstić information content (AvgIpc) is 2.92. The lowest BCUT2D eigenvalue weighted by molar-refractivity contribution is 0.0760. The summed E-state index contributed by atoms with van der Waals surface area (Å²) >= 11 is 7.43. The van der Waals surface area contributed by atoms with Crippen molar-refractivity contribution in [2.75, 3.05) is 13.2 Å². The first kappa shape index (κ1) is 16.6. The first-order valence-electron chi connectivity index (χ1n) is 7.02. The Balaban J connectivity index is 2.24. The van der Waals surface area contributed by atoms with Crippen molar-refractivity contribution in [2.24, 2.45) is 0 Å². The van der Waals surface area contributed by atoms with Gasteiger partial charge in [0.15, 0.2) is 0 Å². The van der Waals surface area contributed by atoms with Gasteiger partial charge in [0, 0.05) is 11.4 Å². The number of carbonyl (C=O) groups excluding carboxylic acids is 1. The molecule has 5 heteroatoms. The first-order valence-corrected chi connectivity index (χ1v) is 8.21. The summed E-state index contributed by atoms with van der Waals surface area (Å²) in [5.74, 6) is 0.529. The molecule has 2 rings (SSSR count). The third-order valence-electron chi connectivity index (χ3n) is 3.03. The highest BCUT2D eigenvalue weighted by atomic mass is 35.5. The Morgan fingerprint density at radius 1 is 1.36 bits per heavy atom. The van der Waals surface area contributed by atoms with E-state index in [1.54, 1.807) is 17.0 Å². The van der Waals surface area contributed by atoms with Crippen molar-refractivity contribution < 1.29 is 9.53 Å². The van der Waals surface area contributed by atoms with Crippen LogP contribution in [0.25, 0.3) is 0 Å². The molecule has 0 radical (unpaired) electrons. The standard InChI is InChI=1S/C17H18ClNO2S/c1-3-11-19(12-13-9-10-16(18)22-13)17(20)14-7-5-6-8-15(14)21-4-2/h3,5-10H,1,4,11-12H2,2H3. The van der Waals surface area contributed by atoms with Crippen LogP contribution in [0.4, 0.5) is 0 Å². The number of hydrogen-bond acceptors (Lipinski definition) is 3. The maximum atomic E-state index is 12.8. The van der Waals surface area contributed by atoms with Gasteiger partial charge in [-0.2, -0.15) is 0 Å². The highest BCUT2D eigenvalue weighted by Crippen LogP contribution is 2.25. The number of thiophene rings is 1. The molecule has 1 amide bonds. The van der Waals surface area contributed by atoms with Crippen molar-refractivity contribution in [3.8, 4) is 5.75 Å². The summed E-state index contributed by atoms with van der Waals surface area (Å²) in [5.41, 5.74) is 0.564. The third kappa shape index (κ3) is 4.12. The van der Waals surface area contributed by atoms with E-state index in [2.05, 4.69) is 6.58 Å². The molecule has 0 N–H and O–H groups in total. The van der Waals surface area contributed by atoms with Gasteiger partial charge < -0.3 is 9.64 Å². The van der Waals surface area contributed by atoms with E-state index in [1.807, 2.05) is 37.3 Å². The van der Waals surface area contributed by atoms with Crippen LogP contribution in [0.3, 0.4) is 0 Å². The van der Waals surface area contributed by atoms with Crippen molar-refractivity contribution in [3.05, 3.63) is 63.8 Å². The smallest absolute Gasteiger partial charge is 0.258 e. The lowest BCUT2D eigenvalue weighted by atomic mass is 10.1. The number of carbonyl (C=O) groups is 1. The molecule has 2 aromatic rings. The van der Waals surface area contributed by atoms with Crippen molar-refractivity contribution in [1.82, 2.24) is 4.90 Å². The molecule has 0 aliphatic rings. The Hall–Kier alpha value is -1.78. The van der Waals surface area contributed by atoms with Crippen LogP contribution in [0.5, 0.6) is 5.75 Å². The lowest BCUT2D eigenvalue weighted by Crippen LogP contribution is -2.30. The molecule has 0 spiro atoms. The molecular formula is C17H18ClNO2S. The van der Waals surface area contributed by atoms with Gasteiger partial charge >= 0.3 is 0 Å². The Kier molecular flexibility index (Phi) is 6.04. The molecule has 0 saturated carbocycles. The van der Waals surface area contributed by atoms with E-state index in [1.165, 1.54) is 11.3 Å². The topological polar surface area (TPSA) is 29.5 Å².